The summed E-state index contributed by atoms with van der Waals surface area (Å²) in [6.07, 6.45) is 0. The summed E-state index contributed by atoms with van der Waals surface area (Å²) in [5, 5.41) is 0.901. The lowest BCUT2D eigenvalue weighted by atomic mass is 10.1. The van der Waals surface area contributed by atoms with Crippen molar-refractivity contribution < 1.29 is 4.79 Å². The van der Waals surface area contributed by atoms with Crippen LogP contribution in [-0.2, 0) is 0 Å². The zero-order chi connectivity index (χ0) is 10.0. The van der Waals surface area contributed by atoms with Gasteiger partial charge in [-0.3, -0.25) is 4.79 Å². The molecule has 0 radical (unpaired) electrons. The van der Waals surface area contributed by atoms with Gasteiger partial charge in [0.15, 0.2) is 5.78 Å². The zero-order valence-electron chi connectivity index (χ0n) is 6.28. The normalized spacial score (nSPS) is 10.2. The molecule has 0 saturated heterocycles. The summed E-state index contributed by atoms with van der Waals surface area (Å²) < 4.78 is 0.815. The number of Topliss-reactive ketones (excluding diaryl/α,β-unsaturated/α-hetero) is 1. The van der Waals surface area contributed by atoms with Gasteiger partial charge in [0.05, 0.1) is 15.9 Å². The minimum absolute atomic E-state index is 0.0867. The highest BCUT2D eigenvalue weighted by Gasteiger charge is 2.11. The van der Waals surface area contributed by atoms with E-state index in [9.17, 15) is 4.79 Å². The van der Waals surface area contributed by atoms with E-state index >= 15 is 0 Å². The third kappa shape index (κ3) is 2.72. The highest BCUT2D eigenvalue weighted by atomic mass is 127. The van der Waals surface area contributed by atoms with Gasteiger partial charge in [0.1, 0.15) is 0 Å². The van der Waals surface area contributed by atoms with E-state index in [0.29, 0.717) is 15.6 Å². The van der Waals surface area contributed by atoms with E-state index in [-0.39, 0.29) is 11.7 Å². The predicted molar refractivity (Wildman–Crippen MR) is 64.2 cm³/mol. The molecule has 1 aromatic rings. The van der Waals surface area contributed by atoms with Crippen molar-refractivity contribution in [3.63, 3.8) is 0 Å². The highest BCUT2D eigenvalue weighted by molar-refractivity contribution is 14.1. The smallest absolute Gasteiger partial charge is 0.179 e. The number of rotatable bonds is 2. The van der Waals surface area contributed by atoms with E-state index < -0.39 is 0 Å². The number of benzene rings is 1. The Morgan fingerprint density at radius 3 is 2.46 bits per heavy atom. The Morgan fingerprint density at radius 2 is 1.92 bits per heavy atom. The SMILES string of the molecule is O=C(CCl)c1cc(Cl)c(I)cc1Cl. The van der Waals surface area contributed by atoms with E-state index in [1.54, 1.807) is 6.07 Å². The second kappa shape index (κ2) is 4.82. The quantitative estimate of drug-likeness (QED) is 0.341. The molecule has 70 valence electrons. The van der Waals surface area contributed by atoms with E-state index in [0.717, 1.165) is 3.57 Å². The van der Waals surface area contributed by atoms with Crippen molar-refractivity contribution >= 4 is 63.2 Å². The number of carbonyl (C=O) groups excluding carboxylic acids is 1. The molecular formula is C8H4Cl3IO. The fourth-order valence-electron chi connectivity index (χ4n) is 0.808. The Morgan fingerprint density at radius 1 is 1.31 bits per heavy atom. The molecule has 0 aliphatic heterocycles. The van der Waals surface area contributed by atoms with Crippen LogP contribution < -0.4 is 0 Å². The summed E-state index contributed by atoms with van der Waals surface area (Å²) in [7, 11) is 0. The molecule has 0 aliphatic rings. The molecule has 0 spiro atoms. The maximum absolute atomic E-state index is 11.2. The van der Waals surface area contributed by atoms with Crippen LogP contribution in [0.4, 0.5) is 0 Å². The average molecular weight is 349 g/mol. The van der Waals surface area contributed by atoms with Crippen molar-refractivity contribution in [2.24, 2.45) is 0 Å². The topological polar surface area (TPSA) is 17.1 Å². The Labute approximate surface area is 104 Å². The molecule has 0 N–H and O–H groups in total. The van der Waals surface area contributed by atoms with E-state index in [4.69, 9.17) is 34.8 Å². The van der Waals surface area contributed by atoms with Crippen molar-refractivity contribution in [2.75, 3.05) is 5.88 Å². The molecule has 1 rings (SSSR count). The summed E-state index contributed by atoms with van der Waals surface area (Å²) in [5.41, 5.74) is 0.377. The highest BCUT2D eigenvalue weighted by Crippen LogP contribution is 2.26. The Bertz CT molecular complexity index is 351. The van der Waals surface area contributed by atoms with Gasteiger partial charge in [0.25, 0.3) is 0 Å². The average Bonchev–Trinajstić information content (AvgIpc) is 2.10. The second-order valence-electron chi connectivity index (χ2n) is 2.30. The molecule has 0 heterocycles. The molecule has 1 aromatic carbocycles. The Hall–Kier alpha value is 0.490. The van der Waals surface area contributed by atoms with Crippen LogP contribution >= 0.6 is 57.4 Å². The van der Waals surface area contributed by atoms with Gasteiger partial charge < -0.3 is 0 Å². The monoisotopic (exact) mass is 348 g/mol. The molecule has 0 saturated carbocycles. The van der Waals surface area contributed by atoms with Crippen LogP contribution in [0.15, 0.2) is 12.1 Å². The molecule has 0 bridgehead atoms. The lowest BCUT2D eigenvalue weighted by Gasteiger charge is -2.03. The van der Waals surface area contributed by atoms with E-state index in [1.807, 2.05) is 22.6 Å². The number of hydrogen-bond acceptors (Lipinski definition) is 1. The number of ketones is 1. The maximum Gasteiger partial charge on any atom is 0.179 e. The van der Waals surface area contributed by atoms with Crippen molar-refractivity contribution in [1.82, 2.24) is 0 Å². The first kappa shape index (κ1) is 11.6. The summed E-state index contributed by atoms with van der Waals surface area (Å²) in [5.74, 6) is -0.304. The minimum atomic E-state index is -0.218. The van der Waals surface area contributed by atoms with Gasteiger partial charge in [0.2, 0.25) is 0 Å². The van der Waals surface area contributed by atoms with Gasteiger partial charge in [-0.2, -0.15) is 0 Å². The van der Waals surface area contributed by atoms with Crippen LogP contribution in [0.5, 0.6) is 0 Å². The summed E-state index contributed by atoms with van der Waals surface area (Å²) in [4.78, 5) is 11.2. The van der Waals surface area contributed by atoms with Crippen LogP contribution in [0, 0.1) is 3.57 Å². The molecule has 13 heavy (non-hydrogen) atoms. The lowest BCUT2D eigenvalue weighted by Crippen LogP contribution is -2.01. The molecule has 5 heteroatoms. The lowest BCUT2D eigenvalue weighted by molar-refractivity contribution is 0.102. The van der Waals surface area contributed by atoms with Crippen molar-refractivity contribution in [3.8, 4) is 0 Å². The third-order valence-corrected chi connectivity index (χ3v) is 3.51. The molecule has 1 nitrogen and oxygen atoms in total. The summed E-state index contributed by atoms with van der Waals surface area (Å²) >= 11 is 19.1. The number of alkyl halides is 1. The van der Waals surface area contributed by atoms with Crippen molar-refractivity contribution in [2.45, 2.75) is 0 Å². The standard InChI is InChI=1S/C8H4Cl3IO/c9-3-8(13)4-1-6(11)7(12)2-5(4)10/h1-2H,3H2. The van der Waals surface area contributed by atoms with Crippen LogP contribution in [-0.4, -0.2) is 11.7 Å². The molecular weight excluding hydrogens is 345 g/mol. The fraction of sp³-hybridized carbons (Fsp3) is 0.125. The Balaban J connectivity index is 3.23. The first-order valence-corrected chi connectivity index (χ1v) is 5.67. The van der Waals surface area contributed by atoms with Crippen LogP contribution in [0.3, 0.4) is 0 Å². The van der Waals surface area contributed by atoms with Crippen molar-refractivity contribution in [3.05, 3.63) is 31.3 Å². The minimum Gasteiger partial charge on any atom is -0.293 e. The van der Waals surface area contributed by atoms with Gasteiger partial charge in [0, 0.05) is 9.13 Å². The van der Waals surface area contributed by atoms with Gasteiger partial charge in [-0.05, 0) is 34.7 Å². The Kier molecular flexibility index (Phi) is 4.29. The summed E-state index contributed by atoms with van der Waals surface area (Å²) in [6, 6.07) is 3.18. The molecule has 0 atom stereocenters. The first-order valence-electron chi connectivity index (χ1n) is 3.30. The molecule has 0 aliphatic carbocycles. The predicted octanol–water partition coefficient (Wildman–Crippen LogP) is 4.02. The third-order valence-electron chi connectivity index (χ3n) is 1.43. The largest absolute Gasteiger partial charge is 0.293 e. The molecule has 0 amide bonds. The summed E-state index contributed by atoms with van der Waals surface area (Å²) in [6.45, 7) is 0. The van der Waals surface area contributed by atoms with E-state index in [2.05, 4.69) is 0 Å². The van der Waals surface area contributed by atoms with Crippen LogP contribution in [0.1, 0.15) is 10.4 Å². The second-order valence-corrected chi connectivity index (χ2v) is 4.55. The van der Waals surface area contributed by atoms with Gasteiger partial charge in [-0.25, -0.2) is 0 Å². The van der Waals surface area contributed by atoms with Gasteiger partial charge >= 0.3 is 0 Å². The van der Waals surface area contributed by atoms with Gasteiger partial charge in [-0.1, -0.05) is 23.2 Å². The maximum atomic E-state index is 11.2. The number of hydrogen-bond donors (Lipinski definition) is 0. The van der Waals surface area contributed by atoms with Crippen molar-refractivity contribution in [1.29, 1.82) is 0 Å². The zero-order valence-corrected chi connectivity index (χ0v) is 10.7. The molecule has 0 aromatic heterocycles. The van der Waals surface area contributed by atoms with E-state index in [1.165, 1.54) is 6.07 Å². The fourth-order valence-corrected chi connectivity index (χ4v) is 2.04. The number of carbonyl (C=O) groups is 1. The molecule has 0 fully saturated rings. The molecule has 0 unspecified atom stereocenters. The van der Waals surface area contributed by atoms with Crippen LogP contribution in [0.25, 0.3) is 0 Å². The number of halogens is 4. The van der Waals surface area contributed by atoms with Gasteiger partial charge in [-0.15, -0.1) is 11.6 Å². The van der Waals surface area contributed by atoms with Crippen LogP contribution in [0.2, 0.25) is 10.0 Å². The first-order chi connectivity index (χ1) is 6.06.